The highest BCUT2D eigenvalue weighted by molar-refractivity contribution is 6.06. The third kappa shape index (κ3) is 7.96. The van der Waals surface area contributed by atoms with Gasteiger partial charge in [0.05, 0.1) is 31.4 Å². The first-order valence-electron chi connectivity index (χ1n) is 15.9. The minimum Gasteiger partial charge on any atom is -0.493 e. The van der Waals surface area contributed by atoms with Crippen molar-refractivity contribution in [2.45, 2.75) is 90.8 Å². The van der Waals surface area contributed by atoms with Crippen molar-refractivity contribution >= 4 is 23.6 Å². The molecule has 0 unspecified atom stereocenters. The Morgan fingerprint density at radius 1 is 1.00 bits per heavy atom. The van der Waals surface area contributed by atoms with E-state index in [1.165, 1.54) is 0 Å². The number of alkyl carbamates (subject to hydrolysis) is 1. The molecule has 2 aliphatic rings. The van der Waals surface area contributed by atoms with Gasteiger partial charge in [-0.25, -0.2) is 9.80 Å². The van der Waals surface area contributed by atoms with Crippen LogP contribution in [0.2, 0.25) is 0 Å². The monoisotopic (exact) mass is 620 g/mol. The molecule has 1 saturated heterocycles. The van der Waals surface area contributed by atoms with Gasteiger partial charge in [-0.2, -0.15) is 5.10 Å². The average Bonchev–Trinajstić information content (AvgIpc) is 3.03. The van der Waals surface area contributed by atoms with E-state index in [4.69, 9.17) is 19.3 Å². The fourth-order valence-electron chi connectivity index (χ4n) is 6.13. The van der Waals surface area contributed by atoms with Gasteiger partial charge < -0.3 is 24.4 Å². The van der Waals surface area contributed by atoms with Crippen molar-refractivity contribution in [1.82, 2.24) is 15.2 Å². The number of hydrogen-bond acceptors (Lipinski definition) is 7. The SMILES string of the molecule is CCC1(CC)CC(c2ccc(OC)c(OC)c2)=NN(C2CCN(C(=O)[C@@H](Cc3ccccc3)NC(=O)OC(C)(C)C)CC2)C1=O. The summed E-state index contributed by atoms with van der Waals surface area (Å²) in [6, 6.07) is 14.4. The molecule has 2 aliphatic heterocycles. The number of amides is 3. The van der Waals surface area contributed by atoms with Gasteiger partial charge in [0.15, 0.2) is 11.5 Å². The summed E-state index contributed by atoms with van der Waals surface area (Å²) in [5, 5.41) is 9.44. The Hall–Kier alpha value is -4.08. The van der Waals surface area contributed by atoms with Gasteiger partial charge in [0.1, 0.15) is 11.6 Å². The maximum Gasteiger partial charge on any atom is 0.408 e. The highest BCUT2D eigenvalue weighted by atomic mass is 16.6. The maximum atomic E-state index is 14.0. The Morgan fingerprint density at radius 3 is 2.22 bits per heavy atom. The summed E-state index contributed by atoms with van der Waals surface area (Å²) < 4.78 is 16.4. The third-order valence-corrected chi connectivity index (χ3v) is 8.86. The fraction of sp³-hybridized carbons (Fsp3) is 0.543. The number of nitrogens with zero attached hydrogens (tertiary/aromatic N) is 3. The lowest BCUT2D eigenvalue weighted by Gasteiger charge is -2.44. The third-order valence-electron chi connectivity index (χ3n) is 8.86. The zero-order valence-corrected chi connectivity index (χ0v) is 27.7. The Balaban J connectivity index is 1.54. The fourth-order valence-corrected chi connectivity index (χ4v) is 6.13. The van der Waals surface area contributed by atoms with Gasteiger partial charge in [0.25, 0.3) is 0 Å². The summed E-state index contributed by atoms with van der Waals surface area (Å²) in [4.78, 5) is 42.3. The molecule has 244 valence electrons. The molecule has 0 saturated carbocycles. The number of hydrogen-bond donors (Lipinski definition) is 1. The summed E-state index contributed by atoms with van der Waals surface area (Å²) in [6.07, 6.45) is 2.80. The minimum atomic E-state index is -0.780. The van der Waals surface area contributed by atoms with Crippen LogP contribution in [0, 0.1) is 5.41 Å². The van der Waals surface area contributed by atoms with E-state index in [2.05, 4.69) is 19.2 Å². The molecule has 10 heteroatoms. The lowest BCUT2D eigenvalue weighted by Crippen LogP contribution is -2.56. The van der Waals surface area contributed by atoms with Gasteiger partial charge in [-0.1, -0.05) is 44.2 Å². The van der Waals surface area contributed by atoms with E-state index < -0.39 is 23.2 Å². The van der Waals surface area contributed by atoms with E-state index in [9.17, 15) is 14.4 Å². The van der Waals surface area contributed by atoms with Crippen LogP contribution >= 0.6 is 0 Å². The number of piperidine rings is 1. The Bertz CT molecular complexity index is 1370. The zero-order chi connectivity index (χ0) is 32.8. The number of carbonyl (C=O) groups is 3. The Morgan fingerprint density at radius 2 is 1.64 bits per heavy atom. The number of rotatable bonds is 10. The molecule has 1 atom stereocenters. The van der Waals surface area contributed by atoms with Crippen LogP contribution in [0.15, 0.2) is 53.6 Å². The minimum absolute atomic E-state index is 0.0371. The van der Waals surface area contributed by atoms with Crippen LogP contribution < -0.4 is 14.8 Å². The zero-order valence-electron chi connectivity index (χ0n) is 27.7. The Labute approximate surface area is 267 Å². The first kappa shape index (κ1) is 33.8. The van der Waals surface area contributed by atoms with Crippen molar-refractivity contribution in [3.63, 3.8) is 0 Å². The summed E-state index contributed by atoms with van der Waals surface area (Å²) in [5.41, 5.74) is 1.41. The molecule has 3 amide bonds. The number of likely N-dealkylation sites (tertiary alicyclic amines) is 1. The topological polar surface area (TPSA) is 110 Å². The van der Waals surface area contributed by atoms with E-state index >= 15 is 0 Å². The highest BCUT2D eigenvalue weighted by Crippen LogP contribution is 2.41. The molecule has 2 heterocycles. The summed E-state index contributed by atoms with van der Waals surface area (Å²) in [5.74, 6) is 1.11. The van der Waals surface area contributed by atoms with Crippen molar-refractivity contribution in [3.8, 4) is 11.5 Å². The van der Waals surface area contributed by atoms with Crippen LogP contribution in [0.3, 0.4) is 0 Å². The van der Waals surface area contributed by atoms with Crippen LogP contribution in [0.4, 0.5) is 4.79 Å². The smallest absolute Gasteiger partial charge is 0.408 e. The molecular weight excluding hydrogens is 572 g/mol. The second-order valence-corrected chi connectivity index (χ2v) is 12.9. The van der Waals surface area contributed by atoms with Gasteiger partial charge in [-0.3, -0.25) is 9.59 Å². The van der Waals surface area contributed by atoms with E-state index in [0.717, 1.165) is 16.8 Å². The second kappa shape index (κ2) is 14.3. The number of carbonyl (C=O) groups excluding carboxylic acids is 3. The lowest BCUT2D eigenvalue weighted by atomic mass is 9.74. The highest BCUT2D eigenvalue weighted by Gasteiger charge is 2.46. The maximum absolute atomic E-state index is 14.0. The van der Waals surface area contributed by atoms with Gasteiger partial charge in [0.2, 0.25) is 11.8 Å². The second-order valence-electron chi connectivity index (χ2n) is 12.9. The molecule has 0 aliphatic carbocycles. The standard InChI is InChI=1S/C35H48N4O6/c1-8-35(9-2)23-28(25-15-16-29(43-6)30(22-25)44-7)37-39(32(35)41)26-17-19-38(20-18-26)31(40)27(21-24-13-11-10-12-14-24)36-33(42)45-34(3,4)5/h10-16,22,26-27H,8-9,17-21,23H2,1-7H3,(H,36,42)/t27-/m1/s1. The van der Waals surface area contributed by atoms with Crippen molar-refractivity contribution < 1.29 is 28.6 Å². The molecule has 0 aromatic heterocycles. The Kier molecular flexibility index (Phi) is 10.8. The molecule has 0 bridgehead atoms. The molecule has 0 radical (unpaired) electrons. The van der Waals surface area contributed by atoms with Gasteiger partial charge >= 0.3 is 6.09 Å². The van der Waals surface area contributed by atoms with Crippen LogP contribution in [-0.2, 0) is 20.7 Å². The van der Waals surface area contributed by atoms with E-state index in [1.54, 1.807) is 44.9 Å². The number of benzene rings is 2. The molecule has 1 fully saturated rings. The number of methoxy groups -OCH3 is 2. The lowest BCUT2D eigenvalue weighted by molar-refractivity contribution is -0.148. The molecule has 0 spiro atoms. The van der Waals surface area contributed by atoms with Crippen molar-refractivity contribution in [2.75, 3.05) is 27.3 Å². The van der Waals surface area contributed by atoms with Gasteiger partial charge in [-0.05, 0) is 70.2 Å². The van der Waals surface area contributed by atoms with Crippen LogP contribution in [0.1, 0.15) is 77.8 Å². The van der Waals surface area contributed by atoms with E-state index in [-0.39, 0.29) is 17.9 Å². The van der Waals surface area contributed by atoms with Crippen LogP contribution in [-0.4, -0.2) is 78.5 Å². The molecule has 2 aromatic rings. The summed E-state index contributed by atoms with van der Waals surface area (Å²) in [6.45, 7) is 10.4. The molecule has 45 heavy (non-hydrogen) atoms. The normalized spacial score (nSPS) is 17.8. The number of nitrogens with one attached hydrogen (secondary N) is 1. The van der Waals surface area contributed by atoms with Crippen molar-refractivity contribution in [2.24, 2.45) is 10.5 Å². The average molecular weight is 621 g/mol. The van der Waals surface area contributed by atoms with Crippen molar-refractivity contribution in [3.05, 3.63) is 59.7 Å². The first-order chi connectivity index (χ1) is 21.4. The molecule has 2 aromatic carbocycles. The molecule has 10 nitrogen and oxygen atoms in total. The van der Waals surface area contributed by atoms with E-state index in [0.29, 0.717) is 63.1 Å². The van der Waals surface area contributed by atoms with Crippen molar-refractivity contribution in [1.29, 1.82) is 0 Å². The largest absolute Gasteiger partial charge is 0.493 e. The van der Waals surface area contributed by atoms with Crippen LogP contribution in [0.25, 0.3) is 0 Å². The predicted octanol–water partition coefficient (Wildman–Crippen LogP) is 5.57. The van der Waals surface area contributed by atoms with Gasteiger partial charge in [-0.15, -0.1) is 0 Å². The number of ether oxygens (including phenoxy) is 3. The van der Waals surface area contributed by atoms with Gasteiger partial charge in [0, 0.05) is 31.5 Å². The van der Waals surface area contributed by atoms with Crippen LogP contribution in [0.5, 0.6) is 11.5 Å². The molecule has 4 rings (SSSR count). The predicted molar refractivity (Wildman–Crippen MR) is 173 cm³/mol. The molecule has 1 N–H and O–H groups in total. The first-order valence-corrected chi connectivity index (χ1v) is 15.9. The summed E-state index contributed by atoms with van der Waals surface area (Å²) in [7, 11) is 3.20. The molecular formula is C35H48N4O6. The van der Waals surface area contributed by atoms with E-state index in [1.807, 2.05) is 48.5 Å². The summed E-state index contributed by atoms with van der Waals surface area (Å²) >= 11 is 0. The number of hydrazone groups is 1. The quantitative estimate of drug-likeness (QED) is 0.372.